The van der Waals surface area contributed by atoms with Crippen molar-refractivity contribution < 1.29 is 14.3 Å². The van der Waals surface area contributed by atoms with Crippen molar-refractivity contribution in [2.75, 3.05) is 11.9 Å². The molecular formula is C15H13ClN2O3. The van der Waals surface area contributed by atoms with Crippen LogP contribution in [0.15, 0.2) is 36.4 Å². The number of aryl methyl sites for hydroxylation is 1. The van der Waals surface area contributed by atoms with E-state index in [2.05, 4.69) is 10.3 Å². The summed E-state index contributed by atoms with van der Waals surface area (Å²) in [6.45, 7) is 1.94. The number of nitrogens with one attached hydrogen (secondary N) is 1. The van der Waals surface area contributed by atoms with Crippen molar-refractivity contribution in [1.29, 1.82) is 0 Å². The lowest BCUT2D eigenvalue weighted by Gasteiger charge is -2.25. The van der Waals surface area contributed by atoms with E-state index in [1.54, 1.807) is 31.2 Å². The zero-order valence-corrected chi connectivity index (χ0v) is 12.1. The van der Waals surface area contributed by atoms with Crippen LogP contribution in [0.4, 0.5) is 5.69 Å². The summed E-state index contributed by atoms with van der Waals surface area (Å²) < 4.78 is 11.2. The van der Waals surface area contributed by atoms with E-state index in [1.807, 2.05) is 12.1 Å². The minimum absolute atomic E-state index is 0.170. The molecule has 0 spiro atoms. The molecule has 1 aromatic carbocycles. The fraction of sp³-hybridized carbons (Fsp3) is 0.200. The zero-order valence-electron chi connectivity index (χ0n) is 11.3. The summed E-state index contributed by atoms with van der Waals surface area (Å²) in [5.41, 5.74) is 1.25. The molecule has 2 heterocycles. The van der Waals surface area contributed by atoms with Crippen molar-refractivity contribution in [2.45, 2.75) is 13.0 Å². The van der Waals surface area contributed by atoms with Crippen molar-refractivity contribution in [3.8, 4) is 11.5 Å². The third-order valence-corrected chi connectivity index (χ3v) is 3.32. The Kier molecular flexibility index (Phi) is 3.66. The number of halogens is 1. The maximum atomic E-state index is 12.2. The Hall–Kier alpha value is -2.27. The molecule has 1 unspecified atom stereocenters. The first kappa shape index (κ1) is 13.7. The van der Waals surface area contributed by atoms with Gasteiger partial charge in [0, 0.05) is 0 Å². The van der Waals surface area contributed by atoms with Crippen LogP contribution in [0.3, 0.4) is 0 Å². The maximum absolute atomic E-state index is 12.2. The summed E-state index contributed by atoms with van der Waals surface area (Å²) in [7, 11) is 0. The average Bonchev–Trinajstić information content (AvgIpc) is 2.49. The molecule has 0 saturated heterocycles. The molecule has 1 aromatic heterocycles. The molecule has 1 aliphatic rings. The Morgan fingerprint density at radius 1 is 1.29 bits per heavy atom. The molecule has 0 bridgehead atoms. The summed E-state index contributed by atoms with van der Waals surface area (Å²) in [6, 6.07) is 10.6. The Balaban J connectivity index is 1.72. The van der Waals surface area contributed by atoms with Crippen molar-refractivity contribution in [3.63, 3.8) is 0 Å². The highest BCUT2D eigenvalue weighted by molar-refractivity contribution is 6.29. The van der Waals surface area contributed by atoms with Gasteiger partial charge in [-0.2, -0.15) is 0 Å². The number of amides is 1. The van der Waals surface area contributed by atoms with E-state index in [9.17, 15) is 4.79 Å². The van der Waals surface area contributed by atoms with Gasteiger partial charge in [0.25, 0.3) is 5.91 Å². The van der Waals surface area contributed by atoms with Gasteiger partial charge in [-0.3, -0.25) is 4.79 Å². The van der Waals surface area contributed by atoms with E-state index in [4.69, 9.17) is 21.1 Å². The molecule has 0 aliphatic carbocycles. The third kappa shape index (κ3) is 2.92. The molecule has 3 rings (SSSR count). The fourth-order valence-corrected chi connectivity index (χ4v) is 2.21. The van der Waals surface area contributed by atoms with E-state index < -0.39 is 6.10 Å². The molecule has 0 radical (unpaired) electrons. The van der Waals surface area contributed by atoms with Crippen LogP contribution in [0.25, 0.3) is 0 Å². The Morgan fingerprint density at radius 3 is 2.81 bits per heavy atom. The first-order chi connectivity index (χ1) is 10.1. The number of benzene rings is 1. The summed E-state index contributed by atoms with van der Waals surface area (Å²) >= 11 is 5.79. The summed E-state index contributed by atoms with van der Waals surface area (Å²) in [5.74, 6) is 0.928. The van der Waals surface area contributed by atoms with Crippen LogP contribution in [0.1, 0.15) is 5.69 Å². The van der Waals surface area contributed by atoms with Gasteiger partial charge in [-0.25, -0.2) is 4.98 Å². The van der Waals surface area contributed by atoms with Gasteiger partial charge < -0.3 is 14.8 Å². The number of para-hydroxylation sites is 2. The molecule has 0 fully saturated rings. The van der Waals surface area contributed by atoms with Crippen molar-refractivity contribution in [2.24, 2.45) is 0 Å². The van der Waals surface area contributed by atoms with Crippen LogP contribution in [0.5, 0.6) is 11.5 Å². The second kappa shape index (κ2) is 5.61. The predicted octanol–water partition coefficient (Wildman–Crippen LogP) is 2.82. The third-order valence-electron chi connectivity index (χ3n) is 3.11. The second-order valence-corrected chi connectivity index (χ2v) is 5.01. The molecule has 108 valence electrons. The van der Waals surface area contributed by atoms with Gasteiger partial charge >= 0.3 is 0 Å². The van der Waals surface area contributed by atoms with Crippen LogP contribution < -0.4 is 14.8 Å². The van der Waals surface area contributed by atoms with Crippen molar-refractivity contribution in [1.82, 2.24) is 4.98 Å². The maximum Gasteiger partial charge on any atom is 0.269 e. The Morgan fingerprint density at radius 2 is 2.05 bits per heavy atom. The average molecular weight is 305 g/mol. The minimum atomic E-state index is -0.699. The van der Waals surface area contributed by atoms with Gasteiger partial charge in [0.1, 0.15) is 11.8 Å². The molecule has 1 amide bonds. The van der Waals surface area contributed by atoms with Gasteiger partial charge in [0.2, 0.25) is 6.10 Å². The number of rotatable bonds is 2. The van der Waals surface area contributed by atoms with E-state index in [0.29, 0.717) is 28.0 Å². The van der Waals surface area contributed by atoms with Crippen LogP contribution in [0.2, 0.25) is 5.15 Å². The van der Waals surface area contributed by atoms with Crippen molar-refractivity contribution in [3.05, 3.63) is 47.2 Å². The quantitative estimate of drug-likeness (QED) is 0.867. The molecule has 5 nitrogen and oxygen atoms in total. The summed E-state index contributed by atoms with van der Waals surface area (Å²) in [6.07, 6.45) is -0.699. The van der Waals surface area contributed by atoms with Gasteiger partial charge in [-0.05, 0) is 31.2 Å². The lowest BCUT2D eigenvalue weighted by molar-refractivity contribution is -0.125. The van der Waals surface area contributed by atoms with Gasteiger partial charge in [-0.1, -0.05) is 23.7 Å². The lowest BCUT2D eigenvalue weighted by Crippen LogP contribution is -2.40. The number of anilines is 1. The topological polar surface area (TPSA) is 60.5 Å². The number of carbonyl (C=O) groups excluding carboxylic acids is 1. The molecule has 21 heavy (non-hydrogen) atoms. The molecule has 6 heteroatoms. The van der Waals surface area contributed by atoms with Crippen LogP contribution in [0, 0.1) is 6.92 Å². The van der Waals surface area contributed by atoms with E-state index >= 15 is 0 Å². The minimum Gasteiger partial charge on any atom is -0.485 e. The highest BCUT2D eigenvalue weighted by Crippen LogP contribution is 2.31. The number of fused-ring (bicyclic) bond motifs is 1. The van der Waals surface area contributed by atoms with E-state index in [0.717, 1.165) is 0 Å². The number of carbonyl (C=O) groups is 1. The molecule has 1 atom stereocenters. The Bertz CT molecular complexity index is 690. The van der Waals surface area contributed by atoms with Gasteiger partial charge in [0.15, 0.2) is 11.5 Å². The number of hydrogen-bond donors (Lipinski definition) is 1. The smallest absolute Gasteiger partial charge is 0.269 e. The standard InChI is InChI=1S/C15H13ClN2O3/c1-9-10(6-7-14(16)17-9)18-15(19)13-8-20-11-4-2-3-5-12(11)21-13/h2-7,13H,8H2,1H3,(H,18,19). The molecule has 1 aliphatic heterocycles. The van der Waals surface area contributed by atoms with Gasteiger partial charge in [-0.15, -0.1) is 0 Å². The first-order valence-corrected chi connectivity index (χ1v) is 6.84. The zero-order chi connectivity index (χ0) is 14.8. The number of nitrogens with zero attached hydrogens (tertiary/aromatic N) is 1. The second-order valence-electron chi connectivity index (χ2n) is 4.62. The molecular weight excluding hydrogens is 292 g/mol. The number of pyridine rings is 1. The molecule has 0 saturated carbocycles. The largest absolute Gasteiger partial charge is 0.485 e. The summed E-state index contributed by atoms with van der Waals surface area (Å²) in [4.78, 5) is 16.3. The van der Waals surface area contributed by atoms with E-state index in [1.165, 1.54) is 0 Å². The SMILES string of the molecule is Cc1nc(Cl)ccc1NC(=O)C1COc2ccccc2O1. The number of aromatic nitrogens is 1. The number of ether oxygens (including phenoxy) is 2. The van der Waals surface area contributed by atoms with Crippen LogP contribution in [-0.4, -0.2) is 23.6 Å². The number of hydrogen-bond acceptors (Lipinski definition) is 4. The monoisotopic (exact) mass is 304 g/mol. The fourth-order valence-electron chi connectivity index (χ4n) is 2.02. The van der Waals surface area contributed by atoms with Gasteiger partial charge in [0.05, 0.1) is 11.4 Å². The highest BCUT2D eigenvalue weighted by atomic mass is 35.5. The molecule has 1 N–H and O–H groups in total. The normalized spacial score (nSPS) is 16.4. The highest BCUT2D eigenvalue weighted by Gasteiger charge is 2.27. The molecule has 2 aromatic rings. The van der Waals surface area contributed by atoms with Crippen LogP contribution >= 0.6 is 11.6 Å². The van der Waals surface area contributed by atoms with Crippen LogP contribution in [-0.2, 0) is 4.79 Å². The first-order valence-electron chi connectivity index (χ1n) is 6.46. The summed E-state index contributed by atoms with van der Waals surface area (Å²) in [5, 5.41) is 3.16. The Labute approximate surface area is 126 Å². The van der Waals surface area contributed by atoms with E-state index in [-0.39, 0.29) is 12.5 Å². The predicted molar refractivity (Wildman–Crippen MR) is 79.0 cm³/mol. The van der Waals surface area contributed by atoms with Crippen molar-refractivity contribution >= 4 is 23.2 Å². The lowest BCUT2D eigenvalue weighted by atomic mass is 10.2.